The number of aromatic nitrogens is 4. The number of benzene rings is 8. The molecule has 8 aromatic carbocycles. The molecule has 12 aromatic rings. The van der Waals surface area contributed by atoms with Gasteiger partial charge in [-0.3, -0.25) is 0 Å². The SMILES string of the molecule is c1ccc(-c2nc(-c3ccccc3)nc(-c3ccc4sc5ccc(-c6ccc7c(c6)sc6cc(-n8c9ccccc9c9ccccc98)ccc67)cc5c4c3)n2)cc1. The summed E-state index contributed by atoms with van der Waals surface area (Å²) in [6, 6.07) is 65.0. The number of nitrogens with zero attached hydrogens (tertiary/aromatic N) is 4. The second-order valence-corrected chi connectivity index (χ2v) is 16.6. The highest BCUT2D eigenvalue weighted by Gasteiger charge is 2.16. The molecule has 0 amide bonds. The Morgan fingerprint density at radius 3 is 1.39 bits per heavy atom. The third kappa shape index (κ3) is 5.30. The standard InChI is InChI=1S/C51H30N4S2/c1-3-11-31(12-4-1)49-52-50(32-13-5-2-6-14-32)54-51(53-49)35-21-26-46-42(28-35)41-27-33(20-25-45(41)56-46)34-19-23-39-40-24-22-36(30-48(40)57-47(39)29-34)55-43-17-9-7-15-37(43)38-16-8-10-18-44(38)55/h1-30H. The lowest BCUT2D eigenvalue weighted by molar-refractivity contribution is 1.07. The molecule has 4 heterocycles. The summed E-state index contributed by atoms with van der Waals surface area (Å²) in [7, 11) is 0. The molecule has 0 N–H and O–H groups in total. The van der Waals surface area contributed by atoms with Crippen molar-refractivity contribution >= 4 is 84.8 Å². The van der Waals surface area contributed by atoms with Crippen LogP contribution in [-0.2, 0) is 0 Å². The van der Waals surface area contributed by atoms with Crippen molar-refractivity contribution in [3.8, 4) is 51.0 Å². The van der Waals surface area contributed by atoms with Crippen LogP contribution in [0.3, 0.4) is 0 Å². The molecule has 4 aromatic heterocycles. The molecular formula is C51H30N4S2. The maximum absolute atomic E-state index is 5.01. The van der Waals surface area contributed by atoms with Crippen molar-refractivity contribution in [3.05, 3.63) is 182 Å². The topological polar surface area (TPSA) is 43.6 Å². The van der Waals surface area contributed by atoms with Crippen molar-refractivity contribution in [1.29, 1.82) is 0 Å². The Balaban J connectivity index is 0.948. The van der Waals surface area contributed by atoms with Gasteiger partial charge in [0.2, 0.25) is 0 Å². The summed E-state index contributed by atoms with van der Waals surface area (Å²) in [5.74, 6) is 1.99. The molecule has 0 aliphatic rings. The van der Waals surface area contributed by atoms with Gasteiger partial charge in [0.25, 0.3) is 0 Å². The zero-order valence-corrected chi connectivity index (χ0v) is 32.1. The second-order valence-electron chi connectivity index (χ2n) is 14.4. The predicted octanol–water partition coefficient (Wildman–Crippen LogP) is 14.4. The highest BCUT2D eigenvalue weighted by Crippen LogP contribution is 2.42. The number of thiophene rings is 2. The molecule has 0 saturated carbocycles. The van der Waals surface area contributed by atoms with Gasteiger partial charge >= 0.3 is 0 Å². The first-order valence-electron chi connectivity index (χ1n) is 19.0. The maximum Gasteiger partial charge on any atom is 0.164 e. The molecule has 0 saturated heterocycles. The van der Waals surface area contributed by atoms with Gasteiger partial charge in [0.15, 0.2) is 17.5 Å². The molecule has 266 valence electrons. The van der Waals surface area contributed by atoms with Gasteiger partial charge in [-0.1, -0.05) is 121 Å². The monoisotopic (exact) mass is 762 g/mol. The van der Waals surface area contributed by atoms with E-state index in [0.29, 0.717) is 17.5 Å². The first-order chi connectivity index (χ1) is 28.2. The first-order valence-corrected chi connectivity index (χ1v) is 20.6. The number of para-hydroxylation sites is 2. The van der Waals surface area contributed by atoms with Crippen molar-refractivity contribution in [2.24, 2.45) is 0 Å². The summed E-state index contributed by atoms with van der Waals surface area (Å²) >= 11 is 3.69. The summed E-state index contributed by atoms with van der Waals surface area (Å²) in [6.07, 6.45) is 0. The average Bonchev–Trinajstić information content (AvgIpc) is 3.95. The van der Waals surface area contributed by atoms with Crippen LogP contribution < -0.4 is 0 Å². The van der Waals surface area contributed by atoms with Crippen LogP contribution in [0.15, 0.2) is 182 Å². The second kappa shape index (κ2) is 12.8. The molecule has 0 atom stereocenters. The molecule has 57 heavy (non-hydrogen) atoms. The Morgan fingerprint density at radius 2 is 0.754 bits per heavy atom. The summed E-state index contributed by atoms with van der Waals surface area (Å²) in [5, 5.41) is 7.59. The number of hydrogen-bond acceptors (Lipinski definition) is 5. The summed E-state index contributed by atoms with van der Waals surface area (Å²) in [4.78, 5) is 14.9. The van der Waals surface area contributed by atoms with Gasteiger partial charge in [-0.25, -0.2) is 15.0 Å². The molecular weight excluding hydrogens is 733 g/mol. The Hall–Kier alpha value is -6.99. The lowest BCUT2D eigenvalue weighted by Gasteiger charge is -2.08. The van der Waals surface area contributed by atoms with Crippen LogP contribution in [-0.4, -0.2) is 19.5 Å². The van der Waals surface area contributed by atoms with E-state index in [1.165, 1.54) is 79.0 Å². The molecule has 4 nitrogen and oxygen atoms in total. The van der Waals surface area contributed by atoms with Gasteiger partial charge in [-0.05, 0) is 71.8 Å². The fourth-order valence-corrected chi connectivity index (χ4v) is 10.6. The smallest absolute Gasteiger partial charge is 0.164 e. The normalized spacial score (nSPS) is 11.9. The number of rotatable bonds is 5. The van der Waals surface area contributed by atoms with E-state index in [1.54, 1.807) is 0 Å². The summed E-state index contributed by atoms with van der Waals surface area (Å²) in [6.45, 7) is 0. The van der Waals surface area contributed by atoms with E-state index in [2.05, 4.69) is 126 Å². The van der Waals surface area contributed by atoms with Gasteiger partial charge in [0, 0.05) is 73.5 Å². The number of fused-ring (bicyclic) bond motifs is 9. The van der Waals surface area contributed by atoms with E-state index in [4.69, 9.17) is 15.0 Å². The minimum Gasteiger partial charge on any atom is -0.309 e. The van der Waals surface area contributed by atoms with Crippen molar-refractivity contribution in [1.82, 2.24) is 19.5 Å². The van der Waals surface area contributed by atoms with Crippen LogP contribution in [0.25, 0.3) is 113 Å². The minimum atomic E-state index is 0.663. The zero-order chi connectivity index (χ0) is 37.5. The van der Waals surface area contributed by atoms with Crippen LogP contribution in [0.2, 0.25) is 0 Å². The molecule has 0 fully saturated rings. The van der Waals surface area contributed by atoms with Gasteiger partial charge in [-0.15, -0.1) is 22.7 Å². The van der Waals surface area contributed by atoms with Crippen molar-refractivity contribution < 1.29 is 0 Å². The predicted molar refractivity (Wildman–Crippen MR) is 242 cm³/mol. The van der Waals surface area contributed by atoms with Gasteiger partial charge < -0.3 is 4.57 Å². The molecule has 0 spiro atoms. The maximum atomic E-state index is 5.01. The lowest BCUT2D eigenvalue weighted by atomic mass is 10.0. The van der Waals surface area contributed by atoms with Crippen molar-refractivity contribution in [3.63, 3.8) is 0 Å². The average molecular weight is 763 g/mol. The molecule has 6 heteroatoms. The highest BCUT2D eigenvalue weighted by molar-refractivity contribution is 7.26. The highest BCUT2D eigenvalue weighted by atomic mass is 32.1. The largest absolute Gasteiger partial charge is 0.309 e. The Morgan fingerprint density at radius 1 is 0.298 bits per heavy atom. The van der Waals surface area contributed by atoms with E-state index in [0.717, 1.165) is 16.7 Å². The number of hydrogen-bond donors (Lipinski definition) is 0. The van der Waals surface area contributed by atoms with Crippen molar-refractivity contribution in [2.75, 3.05) is 0 Å². The molecule has 0 aliphatic carbocycles. The van der Waals surface area contributed by atoms with Gasteiger partial charge in [0.1, 0.15) is 0 Å². The van der Waals surface area contributed by atoms with Gasteiger partial charge in [-0.2, -0.15) is 0 Å². The Labute approximate surface area is 335 Å². The lowest BCUT2D eigenvalue weighted by Crippen LogP contribution is -2.00. The minimum absolute atomic E-state index is 0.663. The molecule has 0 aliphatic heterocycles. The van der Waals surface area contributed by atoms with Crippen LogP contribution in [0.5, 0.6) is 0 Å². The van der Waals surface area contributed by atoms with Gasteiger partial charge in [0.05, 0.1) is 11.0 Å². The van der Waals surface area contributed by atoms with E-state index in [1.807, 2.05) is 83.3 Å². The van der Waals surface area contributed by atoms with E-state index in [9.17, 15) is 0 Å². The fourth-order valence-electron chi connectivity index (χ4n) is 8.32. The first kappa shape index (κ1) is 32.3. The third-order valence-corrected chi connectivity index (χ3v) is 13.3. The fraction of sp³-hybridized carbons (Fsp3) is 0. The summed E-state index contributed by atoms with van der Waals surface area (Å²) in [5.41, 5.74) is 8.96. The molecule has 0 unspecified atom stereocenters. The Bertz CT molecular complexity index is 3410. The molecule has 0 bridgehead atoms. The quantitative estimate of drug-likeness (QED) is 0.175. The van der Waals surface area contributed by atoms with E-state index in [-0.39, 0.29) is 0 Å². The van der Waals surface area contributed by atoms with Crippen LogP contribution in [0, 0.1) is 0 Å². The van der Waals surface area contributed by atoms with E-state index >= 15 is 0 Å². The molecule has 12 rings (SSSR count). The molecule has 0 radical (unpaired) electrons. The van der Waals surface area contributed by atoms with E-state index < -0.39 is 0 Å². The summed E-state index contributed by atoms with van der Waals surface area (Å²) < 4.78 is 7.48. The third-order valence-electron chi connectivity index (χ3n) is 11.1. The van der Waals surface area contributed by atoms with Crippen molar-refractivity contribution in [2.45, 2.75) is 0 Å². The van der Waals surface area contributed by atoms with Crippen LogP contribution >= 0.6 is 22.7 Å². The van der Waals surface area contributed by atoms with Crippen LogP contribution in [0.1, 0.15) is 0 Å². The van der Waals surface area contributed by atoms with Crippen LogP contribution in [0.4, 0.5) is 0 Å². The Kier molecular flexibility index (Phi) is 7.24. The zero-order valence-electron chi connectivity index (χ0n) is 30.4.